The number of amides is 1. The van der Waals surface area contributed by atoms with Gasteiger partial charge >= 0.3 is 0 Å². The molecular formula is C15H17N3O2. The summed E-state index contributed by atoms with van der Waals surface area (Å²) in [4.78, 5) is 12.2. The summed E-state index contributed by atoms with van der Waals surface area (Å²) in [6.07, 6.45) is 0.465. The number of anilines is 1. The average Bonchev–Trinajstić information content (AvgIpc) is 2.48. The molecule has 2 rings (SSSR count). The van der Waals surface area contributed by atoms with E-state index in [0.717, 1.165) is 16.5 Å². The van der Waals surface area contributed by atoms with Gasteiger partial charge in [0.05, 0.1) is 5.92 Å². The molecule has 1 unspecified atom stereocenters. The molecule has 0 aliphatic rings. The maximum absolute atomic E-state index is 12.2. The fraction of sp³-hybridized carbons (Fsp3) is 0.200. The molecule has 2 aromatic carbocycles. The molecule has 5 heteroatoms. The normalized spacial score (nSPS) is 13.2. The average molecular weight is 271 g/mol. The largest absolute Gasteiger partial charge is 0.409 e. The number of nitrogens with zero attached hydrogens (tertiary/aromatic N) is 1. The number of amidine groups is 1. The number of carbonyl (C=O) groups is 1. The highest BCUT2D eigenvalue weighted by Crippen LogP contribution is 2.23. The van der Waals surface area contributed by atoms with Gasteiger partial charge in [-0.15, -0.1) is 0 Å². The van der Waals surface area contributed by atoms with Gasteiger partial charge in [0.25, 0.3) is 0 Å². The predicted octanol–water partition coefficient (Wildman–Crippen LogP) is 2.55. The number of rotatable bonds is 4. The van der Waals surface area contributed by atoms with Crippen LogP contribution in [0.25, 0.3) is 10.8 Å². The van der Waals surface area contributed by atoms with Crippen molar-refractivity contribution in [2.45, 2.75) is 13.3 Å². The Labute approximate surface area is 117 Å². The molecule has 0 fully saturated rings. The molecule has 2 aromatic rings. The van der Waals surface area contributed by atoms with Gasteiger partial charge in [-0.1, -0.05) is 48.5 Å². The van der Waals surface area contributed by atoms with Crippen molar-refractivity contribution in [2.24, 2.45) is 16.8 Å². The van der Waals surface area contributed by atoms with Crippen molar-refractivity contribution < 1.29 is 10.0 Å². The molecule has 0 bridgehead atoms. The van der Waals surface area contributed by atoms with E-state index in [-0.39, 0.29) is 11.7 Å². The SMILES string of the molecule is CCC(C(=O)Nc1cccc2ccccc12)C(N)=NO. The summed E-state index contributed by atoms with van der Waals surface area (Å²) in [6, 6.07) is 13.5. The van der Waals surface area contributed by atoms with Crippen LogP contribution in [0.2, 0.25) is 0 Å². The van der Waals surface area contributed by atoms with Crippen LogP contribution >= 0.6 is 0 Å². The molecule has 0 spiro atoms. The summed E-state index contributed by atoms with van der Waals surface area (Å²) in [5.41, 5.74) is 6.25. The number of hydrogen-bond acceptors (Lipinski definition) is 3. The molecule has 104 valence electrons. The Balaban J connectivity index is 2.30. The van der Waals surface area contributed by atoms with Crippen LogP contribution in [0.5, 0.6) is 0 Å². The zero-order valence-electron chi connectivity index (χ0n) is 11.2. The summed E-state index contributed by atoms with van der Waals surface area (Å²) >= 11 is 0. The number of oxime groups is 1. The highest BCUT2D eigenvalue weighted by molar-refractivity contribution is 6.10. The molecule has 0 aromatic heterocycles. The molecule has 0 saturated heterocycles. The third-order valence-electron chi connectivity index (χ3n) is 3.24. The molecule has 20 heavy (non-hydrogen) atoms. The van der Waals surface area contributed by atoms with Crippen molar-refractivity contribution in [2.75, 3.05) is 5.32 Å². The third kappa shape index (κ3) is 2.71. The van der Waals surface area contributed by atoms with Crippen LogP contribution in [0, 0.1) is 5.92 Å². The molecule has 0 aliphatic carbocycles. The highest BCUT2D eigenvalue weighted by atomic mass is 16.4. The van der Waals surface area contributed by atoms with Crippen LogP contribution < -0.4 is 11.1 Å². The van der Waals surface area contributed by atoms with Gasteiger partial charge in [0, 0.05) is 11.1 Å². The van der Waals surface area contributed by atoms with Crippen LogP contribution in [0.3, 0.4) is 0 Å². The summed E-state index contributed by atoms with van der Waals surface area (Å²) in [6.45, 7) is 1.81. The van der Waals surface area contributed by atoms with Crippen molar-refractivity contribution >= 4 is 28.2 Å². The van der Waals surface area contributed by atoms with Crippen LogP contribution in [-0.4, -0.2) is 17.0 Å². The van der Waals surface area contributed by atoms with E-state index >= 15 is 0 Å². The number of benzene rings is 2. The van der Waals surface area contributed by atoms with Gasteiger partial charge in [0.1, 0.15) is 0 Å². The Morgan fingerprint density at radius 2 is 2.00 bits per heavy atom. The standard InChI is InChI=1S/C15H17N3O2/c1-2-11(14(16)18-20)15(19)17-13-9-5-7-10-6-3-4-8-12(10)13/h3-9,11,20H,2H2,1H3,(H2,16,18)(H,17,19). The maximum atomic E-state index is 12.2. The lowest BCUT2D eigenvalue weighted by atomic mass is 10.0. The van der Waals surface area contributed by atoms with E-state index < -0.39 is 5.92 Å². The van der Waals surface area contributed by atoms with Crippen molar-refractivity contribution in [3.8, 4) is 0 Å². The fourth-order valence-corrected chi connectivity index (χ4v) is 2.15. The minimum absolute atomic E-state index is 0.0785. The summed E-state index contributed by atoms with van der Waals surface area (Å²) in [7, 11) is 0. The predicted molar refractivity (Wildman–Crippen MR) is 79.8 cm³/mol. The van der Waals surface area contributed by atoms with Crippen LogP contribution in [0.4, 0.5) is 5.69 Å². The van der Waals surface area contributed by atoms with E-state index in [4.69, 9.17) is 10.9 Å². The molecule has 4 N–H and O–H groups in total. The number of nitrogens with one attached hydrogen (secondary N) is 1. The first-order valence-corrected chi connectivity index (χ1v) is 6.43. The quantitative estimate of drug-likeness (QED) is 0.345. The second kappa shape index (κ2) is 6.06. The Morgan fingerprint density at radius 3 is 2.70 bits per heavy atom. The van der Waals surface area contributed by atoms with Gasteiger partial charge in [0.2, 0.25) is 5.91 Å². The second-order valence-electron chi connectivity index (χ2n) is 4.50. The molecule has 0 saturated carbocycles. The fourth-order valence-electron chi connectivity index (χ4n) is 2.15. The van der Waals surface area contributed by atoms with Gasteiger partial charge < -0.3 is 16.3 Å². The van der Waals surface area contributed by atoms with Gasteiger partial charge in [-0.25, -0.2) is 0 Å². The number of hydrogen-bond donors (Lipinski definition) is 3. The van der Waals surface area contributed by atoms with Gasteiger partial charge in [0.15, 0.2) is 5.84 Å². The Kier molecular flexibility index (Phi) is 4.20. The lowest BCUT2D eigenvalue weighted by Gasteiger charge is -2.14. The third-order valence-corrected chi connectivity index (χ3v) is 3.24. The van der Waals surface area contributed by atoms with E-state index in [9.17, 15) is 4.79 Å². The van der Waals surface area contributed by atoms with Crippen molar-refractivity contribution in [1.82, 2.24) is 0 Å². The minimum Gasteiger partial charge on any atom is -0.409 e. The van der Waals surface area contributed by atoms with Crippen molar-refractivity contribution in [3.63, 3.8) is 0 Å². The van der Waals surface area contributed by atoms with E-state index in [1.165, 1.54) is 0 Å². The van der Waals surface area contributed by atoms with Crippen LogP contribution in [0.1, 0.15) is 13.3 Å². The molecule has 5 nitrogen and oxygen atoms in total. The molecule has 0 heterocycles. The molecule has 1 amide bonds. The summed E-state index contributed by atoms with van der Waals surface area (Å²) in [5, 5.41) is 16.5. The Bertz CT molecular complexity index is 647. The zero-order chi connectivity index (χ0) is 14.5. The Morgan fingerprint density at radius 1 is 1.30 bits per heavy atom. The highest BCUT2D eigenvalue weighted by Gasteiger charge is 2.21. The van der Waals surface area contributed by atoms with Crippen LogP contribution in [0.15, 0.2) is 47.6 Å². The molecule has 1 atom stereocenters. The smallest absolute Gasteiger partial charge is 0.235 e. The van der Waals surface area contributed by atoms with E-state index in [2.05, 4.69) is 10.5 Å². The second-order valence-corrected chi connectivity index (χ2v) is 4.50. The van der Waals surface area contributed by atoms with E-state index in [0.29, 0.717) is 6.42 Å². The molecular weight excluding hydrogens is 254 g/mol. The van der Waals surface area contributed by atoms with Crippen molar-refractivity contribution in [3.05, 3.63) is 42.5 Å². The summed E-state index contributed by atoms with van der Waals surface area (Å²) < 4.78 is 0. The maximum Gasteiger partial charge on any atom is 0.235 e. The number of nitrogens with two attached hydrogens (primary N) is 1. The molecule has 0 radical (unpaired) electrons. The van der Waals surface area contributed by atoms with Gasteiger partial charge in [-0.05, 0) is 17.9 Å². The van der Waals surface area contributed by atoms with Gasteiger partial charge in [-0.3, -0.25) is 4.79 Å². The topological polar surface area (TPSA) is 87.7 Å². The van der Waals surface area contributed by atoms with E-state index in [1.807, 2.05) is 49.4 Å². The lowest BCUT2D eigenvalue weighted by molar-refractivity contribution is -0.118. The minimum atomic E-state index is -0.640. The first-order valence-electron chi connectivity index (χ1n) is 6.43. The summed E-state index contributed by atoms with van der Waals surface area (Å²) in [5.74, 6) is -0.997. The lowest BCUT2D eigenvalue weighted by Crippen LogP contribution is -2.34. The Hall–Kier alpha value is -2.56. The first kappa shape index (κ1) is 13.9. The van der Waals surface area contributed by atoms with Crippen molar-refractivity contribution in [1.29, 1.82) is 0 Å². The number of carbonyl (C=O) groups excluding carboxylic acids is 1. The first-order chi connectivity index (χ1) is 9.67. The van der Waals surface area contributed by atoms with Crippen LogP contribution in [-0.2, 0) is 4.79 Å². The van der Waals surface area contributed by atoms with Gasteiger partial charge in [-0.2, -0.15) is 0 Å². The monoisotopic (exact) mass is 271 g/mol. The van der Waals surface area contributed by atoms with E-state index in [1.54, 1.807) is 0 Å². The molecule has 0 aliphatic heterocycles. The number of fused-ring (bicyclic) bond motifs is 1. The zero-order valence-corrected chi connectivity index (χ0v) is 11.2.